The Hall–Kier alpha value is 2.46. The average Bonchev–Trinajstić information content (AvgIpc) is 2.77. The van der Waals surface area contributed by atoms with Crippen LogP contribution in [0.5, 0.6) is 0 Å². The largest absolute Gasteiger partial charge is 2.00 e. The molecule has 0 aromatic rings. The molecule has 0 aromatic heterocycles. The van der Waals surface area contributed by atoms with Crippen molar-refractivity contribution < 1.29 is 129 Å². The fourth-order valence-corrected chi connectivity index (χ4v) is 6.32. The van der Waals surface area contributed by atoms with Gasteiger partial charge in [0.05, 0.1) is 0 Å². The number of rotatable bonds is 4. The molecule has 0 bridgehead atoms. The first-order valence-electron chi connectivity index (χ1n) is 13.5. The van der Waals surface area contributed by atoms with Crippen molar-refractivity contribution in [2.24, 2.45) is 17.8 Å². The molecule has 3 fully saturated rings. The Morgan fingerprint density at radius 3 is 0.957 bits per heavy atom. The standard InChI is InChI=1S/C8H15N.2C7H13N.2H4O7P2.3Pt/c1-7-5-3-4-6-8(7,2)9;2*1-6-4-2-3-5-7(6)8;2*1-8(2,3)7-9(4,5)6;;;/h7,9H,1,3-6H2,2H3;2*6-8H,1-5H2;2*(H2,1,2,3)(H2,4,5,6);;;/q3*-2;;;3*+2/t7-,8-;2*6-,7-;;;;;/m111...../s1. The summed E-state index contributed by atoms with van der Waals surface area (Å²) in [5.41, 5.74) is 22.4. The first-order valence-corrected chi connectivity index (χ1v) is 19.6. The van der Waals surface area contributed by atoms with Crippen molar-refractivity contribution in [1.29, 1.82) is 0 Å². The molecule has 0 saturated heterocycles. The number of nitrogens with one attached hydrogen (secondary N) is 3. The van der Waals surface area contributed by atoms with Crippen molar-refractivity contribution in [1.82, 2.24) is 0 Å². The molecule has 3 aliphatic carbocycles. The molecule has 11 N–H and O–H groups in total. The molecular formula is C22H49N3O14P4Pt3. The Morgan fingerprint density at radius 2 is 0.826 bits per heavy atom. The second-order valence-corrected chi connectivity index (χ2v) is 16.0. The van der Waals surface area contributed by atoms with E-state index in [9.17, 15) is 18.3 Å². The van der Waals surface area contributed by atoms with Gasteiger partial charge in [0.15, 0.2) is 0 Å². The van der Waals surface area contributed by atoms with Gasteiger partial charge in [0.25, 0.3) is 0 Å². The van der Waals surface area contributed by atoms with Crippen molar-refractivity contribution in [2.45, 2.75) is 102 Å². The maximum Gasteiger partial charge on any atom is 2.00 e. The van der Waals surface area contributed by atoms with Crippen molar-refractivity contribution in [2.75, 3.05) is 0 Å². The van der Waals surface area contributed by atoms with Gasteiger partial charge in [0, 0.05) is 0 Å². The van der Waals surface area contributed by atoms with Gasteiger partial charge in [0.1, 0.15) is 0 Å². The van der Waals surface area contributed by atoms with Crippen LogP contribution in [0.15, 0.2) is 0 Å². The Bertz CT molecular complexity index is 845. The van der Waals surface area contributed by atoms with Crippen molar-refractivity contribution >= 4 is 31.3 Å². The first kappa shape index (κ1) is 57.8. The number of hydrogen-bond acceptors (Lipinski definition) is 6. The van der Waals surface area contributed by atoms with Crippen LogP contribution in [0.1, 0.15) is 84.0 Å². The van der Waals surface area contributed by atoms with Crippen LogP contribution in [0.3, 0.4) is 0 Å². The second-order valence-electron chi connectivity index (χ2n) is 10.8. The zero-order chi connectivity index (χ0) is 34.3. The van der Waals surface area contributed by atoms with E-state index < -0.39 is 31.3 Å². The van der Waals surface area contributed by atoms with Crippen LogP contribution in [0, 0.1) is 38.5 Å². The summed E-state index contributed by atoms with van der Waals surface area (Å²) in [7, 11) is -20.2. The maximum absolute atomic E-state index is 9.63. The van der Waals surface area contributed by atoms with Gasteiger partial charge < -0.3 is 77.1 Å². The Morgan fingerprint density at radius 1 is 0.565 bits per heavy atom. The number of hydrogen-bond donors (Lipinski definition) is 8. The summed E-state index contributed by atoms with van der Waals surface area (Å²) >= 11 is 0. The fraction of sp³-hybridized carbons (Fsp3) is 0.864. The van der Waals surface area contributed by atoms with Crippen LogP contribution >= 0.6 is 31.3 Å². The molecule has 17 nitrogen and oxygen atoms in total. The van der Waals surface area contributed by atoms with E-state index in [1.807, 2.05) is 6.92 Å². The van der Waals surface area contributed by atoms with E-state index in [0.29, 0.717) is 17.8 Å². The minimum atomic E-state index is -5.05. The van der Waals surface area contributed by atoms with Gasteiger partial charge in [-0.15, -0.1) is 0 Å². The van der Waals surface area contributed by atoms with E-state index in [0.717, 1.165) is 25.7 Å². The molecule has 286 valence electrons. The summed E-state index contributed by atoms with van der Waals surface area (Å²) in [5, 5.41) is 0. The summed E-state index contributed by atoms with van der Waals surface area (Å²) in [6.45, 7) is 13.7. The van der Waals surface area contributed by atoms with Gasteiger partial charge >= 0.3 is 94.5 Å². The van der Waals surface area contributed by atoms with Crippen LogP contribution in [-0.2, 0) is 90.1 Å². The molecule has 0 unspecified atom stereocenters. The van der Waals surface area contributed by atoms with E-state index in [1.54, 1.807) is 0 Å². The maximum atomic E-state index is 9.63. The van der Waals surface area contributed by atoms with E-state index in [4.69, 9.17) is 56.3 Å². The molecule has 3 rings (SSSR count). The van der Waals surface area contributed by atoms with Crippen molar-refractivity contribution in [3.8, 4) is 0 Å². The minimum absolute atomic E-state index is 0. The summed E-state index contributed by atoms with van der Waals surface area (Å²) in [6.07, 6.45) is 14.3. The zero-order valence-corrected chi connectivity index (χ0v) is 35.7. The Labute approximate surface area is 315 Å². The van der Waals surface area contributed by atoms with Gasteiger partial charge in [0.2, 0.25) is 0 Å². The summed E-state index contributed by atoms with van der Waals surface area (Å²) in [6, 6.07) is 0.285. The van der Waals surface area contributed by atoms with Crippen LogP contribution in [0.4, 0.5) is 0 Å². The molecule has 3 saturated carbocycles. The molecule has 0 aromatic carbocycles. The van der Waals surface area contributed by atoms with Crippen molar-refractivity contribution in [3.05, 3.63) is 38.0 Å². The molecule has 0 heterocycles. The third-order valence-corrected chi connectivity index (χ3v) is 10.0. The molecule has 0 spiro atoms. The third kappa shape index (κ3) is 37.7. The molecule has 0 amide bonds. The van der Waals surface area contributed by atoms with Gasteiger partial charge in [-0.25, -0.2) is 18.3 Å². The van der Waals surface area contributed by atoms with E-state index in [1.165, 1.54) is 51.4 Å². The SMILES string of the molecule is O=P(O)(O)OP(=O)(O)O.O=P(O)(O)OP(=O)(O)O.[CH2-][C@@H]1CCCC[C@@]1(C)[NH-].[CH2-][C@@H]1CCCC[C@H]1[NH-].[CH2-][C@@H]1CCCC[C@H]1[NH-].[Pt+2].[Pt+2].[Pt+2]. The normalized spacial score (nSPS) is 28.0. The topological polar surface area (TPSA) is 320 Å². The van der Waals surface area contributed by atoms with Gasteiger partial charge in [-0.1, -0.05) is 84.0 Å². The van der Waals surface area contributed by atoms with Crippen LogP contribution in [0.25, 0.3) is 17.2 Å². The van der Waals surface area contributed by atoms with E-state index in [-0.39, 0.29) is 80.8 Å². The Balaban J connectivity index is -0.000000150. The van der Waals surface area contributed by atoms with Gasteiger partial charge in [-0.2, -0.15) is 44.0 Å². The van der Waals surface area contributed by atoms with Crippen LogP contribution in [-0.4, -0.2) is 56.8 Å². The second kappa shape index (κ2) is 27.1. The van der Waals surface area contributed by atoms with Gasteiger partial charge in [-0.3, -0.25) is 0 Å². The fourth-order valence-electron chi connectivity index (χ4n) is 4.10. The molecule has 46 heavy (non-hydrogen) atoms. The summed E-state index contributed by atoms with van der Waals surface area (Å²) in [5.74, 6) is 1.21. The van der Waals surface area contributed by atoms with Crippen LogP contribution in [0.2, 0.25) is 0 Å². The molecule has 6 atom stereocenters. The smallest absolute Gasteiger partial charge is 0.677 e. The predicted molar refractivity (Wildman–Crippen MR) is 161 cm³/mol. The predicted octanol–water partition coefficient (Wildman–Crippen LogP) is 6.05. The average molecular weight is 1290 g/mol. The van der Waals surface area contributed by atoms with Crippen molar-refractivity contribution in [3.63, 3.8) is 0 Å². The van der Waals surface area contributed by atoms with Gasteiger partial charge in [-0.05, 0) is 0 Å². The monoisotopic (exact) mass is 1290 g/mol. The van der Waals surface area contributed by atoms with E-state index >= 15 is 0 Å². The summed E-state index contributed by atoms with van der Waals surface area (Å²) < 4.78 is 44.4. The van der Waals surface area contributed by atoms with E-state index in [2.05, 4.69) is 29.4 Å². The molecule has 24 heteroatoms. The third-order valence-electron chi connectivity index (χ3n) is 6.64. The quantitative estimate of drug-likeness (QED) is 0.117. The molecule has 3 aliphatic rings. The molecular weight excluding hydrogens is 1240 g/mol. The first-order chi connectivity index (χ1) is 19.2. The minimum Gasteiger partial charge on any atom is -0.677 e. The molecule has 0 aliphatic heterocycles. The summed E-state index contributed by atoms with van der Waals surface area (Å²) in [4.78, 5) is 62.0. The Kier molecular flexibility index (Phi) is 34.1. The number of phosphoric acid groups is 4. The zero-order valence-electron chi connectivity index (χ0n) is 25.3. The molecule has 0 radical (unpaired) electrons. The van der Waals surface area contributed by atoms with Crippen LogP contribution < -0.4 is 0 Å².